The third kappa shape index (κ3) is 3.93. The summed E-state index contributed by atoms with van der Waals surface area (Å²) in [6.07, 6.45) is 5.59. The van der Waals surface area contributed by atoms with E-state index in [-0.39, 0.29) is 54.5 Å². The number of amides is 4. The number of fused-ring (bicyclic) bond motifs is 1. The van der Waals surface area contributed by atoms with Crippen LogP contribution in [0.3, 0.4) is 0 Å². The van der Waals surface area contributed by atoms with Crippen LogP contribution < -0.4 is 10.6 Å². The summed E-state index contributed by atoms with van der Waals surface area (Å²) in [6.45, 7) is 0.109. The molecule has 2 saturated carbocycles. The second-order valence-electron chi connectivity index (χ2n) is 7.95. The Morgan fingerprint density at radius 1 is 1.00 bits per heavy atom. The number of hydrogen-bond donors (Lipinski definition) is 2. The Labute approximate surface area is 163 Å². The summed E-state index contributed by atoms with van der Waals surface area (Å²) in [5, 5.41) is 5.67. The molecule has 7 heteroatoms. The van der Waals surface area contributed by atoms with Gasteiger partial charge in [-0.2, -0.15) is 0 Å². The van der Waals surface area contributed by atoms with Crippen molar-refractivity contribution in [3.8, 4) is 0 Å². The van der Waals surface area contributed by atoms with E-state index in [1.165, 1.54) is 4.90 Å². The van der Waals surface area contributed by atoms with Crippen LogP contribution in [-0.4, -0.2) is 41.1 Å². The van der Waals surface area contributed by atoms with Crippen LogP contribution in [-0.2, 0) is 14.4 Å². The first-order valence-electron chi connectivity index (χ1n) is 10.1. The molecule has 148 valence electrons. The predicted molar refractivity (Wildman–Crippen MR) is 102 cm³/mol. The average Bonchev–Trinajstić information content (AvgIpc) is 3.48. The maximum atomic E-state index is 12.5. The molecule has 2 unspecified atom stereocenters. The van der Waals surface area contributed by atoms with E-state index in [4.69, 9.17) is 0 Å². The molecule has 3 aliphatic rings. The molecule has 4 rings (SSSR count). The number of nitrogens with zero attached hydrogens (tertiary/aromatic N) is 1. The van der Waals surface area contributed by atoms with Crippen molar-refractivity contribution in [1.29, 1.82) is 0 Å². The third-order valence-corrected chi connectivity index (χ3v) is 5.82. The van der Waals surface area contributed by atoms with Crippen LogP contribution in [0.4, 0.5) is 5.69 Å². The van der Waals surface area contributed by atoms with Crippen molar-refractivity contribution in [1.82, 2.24) is 10.2 Å². The third-order valence-electron chi connectivity index (χ3n) is 5.82. The minimum atomic E-state index is -0.282. The molecule has 2 N–H and O–H groups in total. The highest BCUT2D eigenvalue weighted by Gasteiger charge is 2.47. The van der Waals surface area contributed by atoms with Crippen molar-refractivity contribution >= 4 is 29.3 Å². The Morgan fingerprint density at radius 2 is 1.68 bits per heavy atom. The van der Waals surface area contributed by atoms with E-state index in [9.17, 15) is 19.2 Å². The first kappa shape index (κ1) is 18.7. The number of anilines is 1. The average molecular weight is 383 g/mol. The largest absolute Gasteiger partial charge is 0.349 e. The van der Waals surface area contributed by atoms with E-state index < -0.39 is 0 Å². The van der Waals surface area contributed by atoms with Gasteiger partial charge in [-0.1, -0.05) is 18.9 Å². The van der Waals surface area contributed by atoms with Gasteiger partial charge in [0, 0.05) is 30.3 Å². The van der Waals surface area contributed by atoms with Crippen molar-refractivity contribution in [2.24, 2.45) is 11.8 Å². The van der Waals surface area contributed by atoms with Crippen LogP contribution in [0.1, 0.15) is 55.3 Å². The molecule has 0 bridgehead atoms. The monoisotopic (exact) mass is 383 g/mol. The van der Waals surface area contributed by atoms with Gasteiger partial charge in [-0.15, -0.1) is 0 Å². The van der Waals surface area contributed by atoms with Crippen LogP contribution in [0, 0.1) is 11.8 Å². The maximum Gasteiger partial charge on any atom is 0.251 e. The quantitative estimate of drug-likeness (QED) is 0.735. The van der Waals surface area contributed by atoms with Crippen molar-refractivity contribution in [2.75, 3.05) is 11.9 Å². The van der Waals surface area contributed by atoms with E-state index in [0.717, 1.165) is 38.5 Å². The topological polar surface area (TPSA) is 95.6 Å². The Kier molecular flexibility index (Phi) is 5.15. The van der Waals surface area contributed by atoms with Crippen molar-refractivity contribution in [3.05, 3.63) is 29.8 Å². The van der Waals surface area contributed by atoms with Crippen LogP contribution in [0.2, 0.25) is 0 Å². The van der Waals surface area contributed by atoms with Crippen LogP contribution in [0.15, 0.2) is 24.3 Å². The Hall–Kier alpha value is -2.70. The van der Waals surface area contributed by atoms with Gasteiger partial charge < -0.3 is 10.6 Å². The van der Waals surface area contributed by atoms with E-state index in [1.54, 1.807) is 24.3 Å². The zero-order valence-electron chi connectivity index (χ0n) is 15.8. The number of nitrogens with one attached hydrogen (secondary N) is 2. The minimum Gasteiger partial charge on any atom is -0.349 e. The molecule has 3 fully saturated rings. The summed E-state index contributed by atoms with van der Waals surface area (Å²) >= 11 is 0. The lowest BCUT2D eigenvalue weighted by Gasteiger charge is -2.19. The minimum absolute atomic E-state index is 0.0510. The van der Waals surface area contributed by atoms with Crippen molar-refractivity contribution in [3.63, 3.8) is 0 Å². The first-order chi connectivity index (χ1) is 13.5. The van der Waals surface area contributed by atoms with Gasteiger partial charge in [0.15, 0.2) is 0 Å². The number of carbonyl (C=O) groups is 4. The summed E-state index contributed by atoms with van der Waals surface area (Å²) in [4.78, 5) is 50.6. The zero-order valence-corrected chi connectivity index (χ0v) is 15.8. The lowest BCUT2D eigenvalue weighted by atomic mass is 9.81. The highest BCUT2D eigenvalue weighted by molar-refractivity contribution is 6.05. The van der Waals surface area contributed by atoms with Crippen LogP contribution >= 0.6 is 0 Å². The van der Waals surface area contributed by atoms with E-state index in [0.29, 0.717) is 11.3 Å². The molecule has 0 aromatic heterocycles. The summed E-state index contributed by atoms with van der Waals surface area (Å²) in [6, 6.07) is 7.04. The van der Waals surface area contributed by atoms with E-state index in [1.807, 2.05) is 0 Å². The SMILES string of the molecule is O=C(CCN1C(=O)C2CCCCC2C1=O)Nc1cccc(C(=O)NC2CC2)c1. The summed E-state index contributed by atoms with van der Waals surface area (Å²) in [7, 11) is 0. The molecule has 2 aliphatic carbocycles. The Morgan fingerprint density at radius 3 is 2.32 bits per heavy atom. The number of imide groups is 1. The maximum absolute atomic E-state index is 12.5. The van der Waals surface area contributed by atoms with Gasteiger partial charge in [0.2, 0.25) is 17.7 Å². The van der Waals surface area contributed by atoms with Gasteiger partial charge in [0.05, 0.1) is 11.8 Å². The molecule has 1 aliphatic heterocycles. The fraction of sp³-hybridized carbons (Fsp3) is 0.524. The number of benzene rings is 1. The van der Waals surface area contributed by atoms with E-state index >= 15 is 0 Å². The lowest BCUT2D eigenvalue weighted by Crippen LogP contribution is -2.34. The highest BCUT2D eigenvalue weighted by atomic mass is 16.2. The van der Waals surface area contributed by atoms with Crippen LogP contribution in [0.5, 0.6) is 0 Å². The normalized spacial score (nSPS) is 24.1. The zero-order chi connectivity index (χ0) is 19.7. The summed E-state index contributed by atoms with van der Waals surface area (Å²) < 4.78 is 0. The molecule has 0 spiro atoms. The second-order valence-corrected chi connectivity index (χ2v) is 7.95. The standard InChI is InChI=1S/C21H25N3O4/c25-18(10-11-24-20(27)16-6-1-2-7-17(16)21(24)28)22-15-5-3-4-13(12-15)19(26)23-14-8-9-14/h3-5,12,14,16-17H,1-2,6-11H2,(H,22,25)(H,23,26). The molecule has 1 saturated heterocycles. The van der Waals surface area contributed by atoms with Gasteiger partial charge in [-0.25, -0.2) is 0 Å². The lowest BCUT2D eigenvalue weighted by molar-refractivity contribution is -0.140. The molecular weight excluding hydrogens is 358 g/mol. The smallest absolute Gasteiger partial charge is 0.251 e. The van der Waals surface area contributed by atoms with E-state index in [2.05, 4.69) is 10.6 Å². The number of likely N-dealkylation sites (tertiary alicyclic amines) is 1. The molecule has 1 heterocycles. The summed E-state index contributed by atoms with van der Waals surface area (Å²) in [5.74, 6) is -1.05. The Bertz CT molecular complexity index is 794. The Balaban J connectivity index is 1.31. The predicted octanol–water partition coefficient (Wildman–Crippen LogP) is 2.08. The van der Waals surface area contributed by atoms with Gasteiger partial charge >= 0.3 is 0 Å². The number of hydrogen-bond acceptors (Lipinski definition) is 4. The molecule has 1 aromatic rings. The van der Waals surface area contributed by atoms with Crippen molar-refractivity contribution in [2.45, 2.75) is 51.0 Å². The fourth-order valence-electron chi connectivity index (χ4n) is 4.12. The fourth-order valence-corrected chi connectivity index (χ4v) is 4.12. The van der Waals surface area contributed by atoms with Gasteiger partial charge in [0.25, 0.3) is 5.91 Å². The molecule has 1 aromatic carbocycles. The molecule has 28 heavy (non-hydrogen) atoms. The molecular formula is C21H25N3O4. The first-order valence-corrected chi connectivity index (χ1v) is 10.1. The number of carbonyl (C=O) groups excluding carboxylic acids is 4. The van der Waals surface area contributed by atoms with Crippen LogP contribution in [0.25, 0.3) is 0 Å². The molecule has 4 amide bonds. The molecule has 2 atom stereocenters. The summed E-state index contributed by atoms with van der Waals surface area (Å²) in [5.41, 5.74) is 1.03. The molecule has 7 nitrogen and oxygen atoms in total. The molecule has 0 radical (unpaired) electrons. The van der Waals surface area contributed by atoms with Gasteiger partial charge in [-0.3, -0.25) is 24.1 Å². The number of rotatable bonds is 6. The van der Waals surface area contributed by atoms with Crippen molar-refractivity contribution < 1.29 is 19.2 Å². The van der Waals surface area contributed by atoms with Gasteiger partial charge in [-0.05, 0) is 43.9 Å². The van der Waals surface area contributed by atoms with Gasteiger partial charge in [0.1, 0.15) is 0 Å². The highest BCUT2D eigenvalue weighted by Crippen LogP contribution is 2.38. The second kappa shape index (κ2) is 7.73.